The summed E-state index contributed by atoms with van der Waals surface area (Å²) in [5.74, 6) is 0.235. The molecule has 3 aromatic rings. The van der Waals surface area contributed by atoms with E-state index in [1.165, 1.54) is 0 Å². The van der Waals surface area contributed by atoms with Crippen molar-refractivity contribution < 1.29 is 5.11 Å². The number of rotatable bonds is 1. The van der Waals surface area contributed by atoms with Gasteiger partial charge < -0.3 is 5.11 Å². The molecule has 0 spiro atoms. The Hall–Kier alpha value is -1.93. The van der Waals surface area contributed by atoms with Crippen LogP contribution in [-0.4, -0.2) is 19.7 Å². The molecule has 1 N–H and O–H groups in total. The number of aryl methyl sites for hydroxylation is 1. The first kappa shape index (κ1) is 11.2. The highest BCUT2D eigenvalue weighted by atomic mass is 31.0. The minimum atomic E-state index is 0.235. The SMILES string of the molecule is Cc1cc(-c2ccccc2O)nc2c(P)cnn12. The van der Waals surface area contributed by atoms with Crippen molar-refractivity contribution in [1.82, 2.24) is 14.6 Å². The van der Waals surface area contributed by atoms with Gasteiger partial charge in [0, 0.05) is 16.6 Å². The Balaban J connectivity index is 2.31. The lowest BCUT2D eigenvalue weighted by Crippen LogP contribution is -2.00. The lowest BCUT2D eigenvalue weighted by atomic mass is 10.1. The van der Waals surface area contributed by atoms with E-state index < -0.39 is 0 Å². The molecule has 0 bridgehead atoms. The Labute approximate surface area is 107 Å². The first-order valence-electron chi connectivity index (χ1n) is 5.56. The molecule has 3 rings (SSSR count). The number of phenols is 1. The molecule has 1 unspecified atom stereocenters. The van der Waals surface area contributed by atoms with Crippen molar-refractivity contribution in [2.24, 2.45) is 0 Å². The van der Waals surface area contributed by atoms with Crippen molar-refractivity contribution in [3.05, 3.63) is 42.2 Å². The largest absolute Gasteiger partial charge is 0.507 e. The number of benzene rings is 1. The van der Waals surface area contributed by atoms with Crippen LogP contribution < -0.4 is 5.30 Å². The number of hydrogen-bond acceptors (Lipinski definition) is 3. The fourth-order valence-electron chi connectivity index (χ4n) is 1.96. The van der Waals surface area contributed by atoms with Gasteiger partial charge in [-0.1, -0.05) is 21.4 Å². The summed E-state index contributed by atoms with van der Waals surface area (Å²) in [6.45, 7) is 1.97. The van der Waals surface area contributed by atoms with Gasteiger partial charge in [-0.25, -0.2) is 9.50 Å². The number of nitrogens with zero attached hydrogens (tertiary/aromatic N) is 3. The van der Waals surface area contributed by atoms with Crippen LogP contribution in [0.4, 0.5) is 0 Å². The van der Waals surface area contributed by atoms with Gasteiger partial charge in [-0.15, -0.1) is 0 Å². The summed E-state index contributed by atoms with van der Waals surface area (Å²) in [5, 5.41) is 15.1. The van der Waals surface area contributed by atoms with Crippen LogP contribution in [-0.2, 0) is 0 Å². The predicted molar refractivity (Wildman–Crippen MR) is 74.2 cm³/mol. The van der Waals surface area contributed by atoms with Crippen LogP contribution >= 0.6 is 9.24 Å². The third kappa shape index (κ3) is 1.66. The molecule has 0 aliphatic carbocycles. The molecule has 0 amide bonds. The fraction of sp³-hybridized carbons (Fsp3) is 0.0769. The number of fused-ring (bicyclic) bond motifs is 1. The zero-order chi connectivity index (χ0) is 12.7. The minimum Gasteiger partial charge on any atom is -0.507 e. The summed E-state index contributed by atoms with van der Waals surface area (Å²) in [6.07, 6.45) is 1.76. The molecule has 0 fully saturated rings. The second kappa shape index (κ2) is 4.07. The average molecular weight is 257 g/mol. The summed E-state index contributed by atoms with van der Waals surface area (Å²) in [7, 11) is 2.62. The normalized spacial score (nSPS) is 11.0. The Kier molecular flexibility index (Phi) is 2.53. The molecule has 2 aromatic heterocycles. The third-order valence-electron chi connectivity index (χ3n) is 2.86. The van der Waals surface area contributed by atoms with Crippen molar-refractivity contribution in [3.8, 4) is 17.0 Å². The van der Waals surface area contributed by atoms with Crippen molar-refractivity contribution in [2.45, 2.75) is 6.92 Å². The van der Waals surface area contributed by atoms with E-state index in [9.17, 15) is 5.11 Å². The van der Waals surface area contributed by atoms with Gasteiger partial charge >= 0.3 is 0 Å². The van der Waals surface area contributed by atoms with Gasteiger partial charge in [0.15, 0.2) is 5.65 Å². The van der Waals surface area contributed by atoms with E-state index >= 15 is 0 Å². The van der Waals surface area contributed by atoms with Crippen LogP contribution in [0.3, 0.4) is 0 Å². The summed E-state index contributed by atoms with van der Waals surface area (Å²) in [6, 6.07) is 9.11. The summed E-state index contributed by atoms with van der Waals surface area (Å²) in [4.78, 5) is 4.55. The van der Waals surface area contributed by atoms with Gasteiger partial charge in [0.1, 0.15) is 5.75 Å². The van der Waals surface area contributed by atoms with Crippen LogP contribution in [0.2, 0.25) is 0 Å². The van der Waals surface area contributed by atoms with Crippen molar-refractivity contribution in [3.63, 3.8) is 0 Å². The Bertz CT molecular complexity index is 736. The summed E-state index contributed by atoms with van der Waals surface area (Å²) < 4.78 is 1.78. The highest BCUT2D eigenvalue weighted by molar-refractivity contribution is 7.28. The van der Waals surface area contributed by atoms with Crippen molar-refractivity contribution in [1.29, 1.82) is 0 Å². The first-order valence-corrected chi connectivity index (χ1v) is 6.14. The van der Waals surface area contributed by atoms with Crippen molar-refractivity contribution >= 4 is 20.2 Å². The number of aromatic hydroxyl groups is 1. The smallest absolute Gasteiger partial charge is 0.163 e. The third-order valence-corrected chi connectivity index (χ3v) is 3.26. The number of phenolic OH excluding ortho intramolecular Hbond substituents is 1. The Morgan fingerprint density at radius 1 is 1.28 bits per heavy atom. The monoisotopic (exact) mass is 257 g/mol. The molecule has 4 nitrogen and oxygen atoms in total. The highest BCUT2D eigenvalue weighted by Crippen LogP contribution is 2.27. The lowest BCUT2D eigenvalue weighted by Gasteiger charge is -2.06. The van der Waals surface area contributed by atoms with Crippen LogP contribution in [0.15, 0.2) is 36.5 Å². The Morgan fingerprint density at radius 2 is 2.06 bits per heavy atom. The van der Waals surface area contributed by atoms with E-state index in [0.29, 0.717) is 0 Å². The standard InChI is InChI=1S/C13H12N3OP/c1-8-6-10(9-4-2-3-5-11(9)17)15-13-12(18)7-14-16(8)13/h2-7,17H,18H2,1H3. The topological polar surface area (TPSA) is 50.4 Å². The number of aromatic nitrogens is 3. The van der Waals surface area contributed by atoms with Gasteiger partial charge in [0.25, 0.3) is 0 Å². The van der Waals surface area contributed by atoms with Crippen LogP contribution in [0, 0.1) is 6.92 Å². The maximum atomic E-state index is 9.88. The molecule has 18 heavy (non-hydrogen) atoms. The molecule has 2 heterocycles. The average Bonchev–Trinajstić information content (AvgIpc) is 2.72. The van der Waals surface area contributed by atoms with Crippen LogP contribution in [0.1, 0.15) is 5.69 Å². The maximum absolute atomic E-state index is 9.88. The molecule has 1 aromatic carbocycles. The number of para-hydroxylation sites is 1. The molecule has 90 valence electrons. The Morgan fingerprint density at radius 3 is 2.83 bits per heavy atom. The van der Waals surface area contributed by atoms with E-state index in [0.717, 1.165) is 27.9 Å². The molecular weight excluding hydrogens is 245 g/mol. The zero-order valence-corrected chi connectivity index (χ0v) is 11.0. The minimum absolute atomic E-state index is 0.235. The van der Waals surface area contributed by atoms with E-state index in [-0.39, 0.29) is 5.75 Å². The molecule has 0 aliphatic rings. The molecule has 0 saturated carbocycles. The van der Waals surface area contributed by atoms with Gasteiger partial charge in [-0.3, -0.25) is 0 Å². The van der Waals surface area contributed by atoms with Gasteiger partial charge in [0.2, 0.25) is 0 Å². The van der Waals surface area contributed by atoms with E-state index in [1.807, 2.05) is 25.1 Å². The zero-order valence-electron chi connectivity index (χ0n) is 9.83. The molecule has 0 radical (unpaired) electrons. The number of hydrogen-bond donors (Lipinski definition) is 1. The molecule has 5 heteroatoms. The summed E-state index contributed by atoms with van der Waals surface area (Å²) in [5.41, 5.74) is 3.25. The molecule has 1 atom stereocenters. The summed E-state index contributed by atoms with van der Waals surface area (Å²) >= 11 is 0. The quantitative estimate of drug-likeness (QED) is 0.677. The first-order chi connectivity index (χ1) is 8.66. The van der Waals surface area contributed by atoms with Crippen LogP contribution in [0.5, 0.6) is 5.75 Å². The second-order valence-electron chi connectivity index (χ2n) is 4.14. The molecular formula is C13H12N3OP. The second-order valence-corrected chi connectivity index (χ2v) is 4.76. The highest BCUT2D eigenvalue weighted by Gasteiger charge is 2.10. The van der Waals surface area contributed by atoms with Gasteiger partial charge in [-0.05, 0) is 25.1 Å². The fourth-order valence-corrected chi connectivity index (χ4v) is 2.21. The van der Waals surface area contributed by atoms with E-state index in [2.05, 4.69) is 19.3 Å². The van der Waals surface area contributed by atoms with Crippen molar-refractivity contribution in [2.75, 3.05) is 0 Å². The maximum Gasteiger partial charge on any atom is 0.163 e. The predicted octanol–water partition coefficient (Wildman–Crippen LogP) is 1.91. The molecule has 0 saturated heterocycles. The van der Waals surface area contributed by atoms with E-state index in [1.54, 1.807) is 22.8 Å². The van der Waals surface area contributed by atoms with E-state index in [4.69, 9.17) is 0 Å². The molecule has 0 aliphatic heterocycles. The van der Waals surface area contributed by atoms with Gasteiger partial charge in [0.05, 0.1) is 11.9 Å². The van der Waals surface area contributed by atoms with Crippen LogP contribution in [0.25, 0.3) is 16.9 Å². The lowest BCUT2D eigenvalue weighted by molar-refractivity contribution is 0.477. The van der Waals surface area contributed by atoms with Gasteiger partial charge in [-0.2, -0.15) is 5.10 Å².